The fourth-order valence-electron chi connectivity index (χ4n) is 4.06. The molecule has 0 unspecified atom stereocenters. The van der Waals surface area contributed by atoms with E-state index in [0.29, 0.717) is 12.8 Å². The van der Waals surface area contributed by atoms with Crippen molar-refractivity contribution in [2.24, 2.45) is 5.92 Å². The zero-order chi connectivity index (χ0) is 23.5. The van der Waals surface area contributed by atoms with Crippen molar-refractivity contribution in [3.05, 3.63) is 65.7 Å². The molecule has 0 saturated carbocycles. The largest absolute Gasteiger partial charge is 0.480 e. The molecular formula is C24H30N2O5S. The van der Waals surface area contributed by atoms with Gasteiger partial charge in [-0.3, -0.25) is 4.79 Å². The molecule has 0 radical (unpaired) electrons. The summed E-state index contributed by atoms with van der Waals surface area (Å²) in [5.74, 6) is -1.48. The molecule has 3 rings (SSSR count). The fourth-order valence-corrected chi connectivity index (χ4v) is 5.63. The highest BCUT2D eigenvalue weighted by molar-refractivity contribution is 7.89. The molecule has 0 aliphatic carbocycles. The highest BCUT2D eigenvalue weighted by atomic mass is 32.2. The van der Waals surface area contributed by atoms with E-state index in [1.807, 2.05) is 51.1 Å². The van der Waals surface area contributed by atoms with E-state index in [-0.39, 0.29) is 23.9 Å². The van der Waals surface area contributed by atoms with Crippen molar-refractivity contribution >= 4 is 21.9 Å². The second-order valence-electron chi connectivity index (χ2n) is 8.74. The van der Waals surface area contributed by atoms with Gasteiger partial charge in [0, 0.05) is 12.6 Å². The molecule has 0 bridgehead atoms. The third-order valence-corrected chi connectivity index (χ3v) is 7.64. The number of carboxylic acids is 1. The van der Waals surface area contributed by atoms with Gasteiger partial charge in [-0.25, -0.2) is 13.2 Å². The van der Waals surface area contributed by atoms with Crippen LogP contribution in [0.3, 0.4) is 0 Å². The monoisotopic (exact) mass is 458 g/mol. The summed E-state index contributed by atoms with van der Waals surface area (Å²) >= 11 is 0. The van der Waals surface area contributed by atoms with Gasteiger partial charge in [0.1, 0.15) is 6.04 Å². The molecule has 2 atom stereocenters. The maximum atomic E-state index is 13.5. The van der Waals surface area contributed by atoms with E-state index in [4.69, 9.17) is 0 Å². The van der Waals surface area contributed by atoms with Crippen LogP contribution in [0.15, 0.2) is 59.5 Å². The maximum Gasteiger partial charge on any atom is 0.326 e. The van der Waals surface area contributed by atoms with Crippen molar-refractivity contribution in [2.45, 2.75) is 50.6 Å². The van der Waals surface area contributed by atoms with Gasteiger partial charge in [-0.2, -0.15) is 4.31 Å². The lowest BCUT2D eigenvalue weighted by Gasteiger charge is -2.42. The van der Waals surface area contributed by atoms with Crippen LogP contribution in [-0.4, -0.2) is 59.8 Å². The summed E-state index contributed by atoms with van der Waals surface area (Å²) in [4.78, 5) is 26.4. The van der Waals surface area contributed by atoms with E-state index in [0.717, 1.165) is 11.1 Å². The molecule has 7 nitrogen and oxygen atoms in total. The van der Waals surface area contributed by atoms with Crippen molar-refractivity contribution in [1.82, 2.24) is 9.21 Å². The highest BCUT2D eigenvalue weighted by Crippen LogP contribution is 2.27. The molecule has 1 saturated heterocycles. The van der Waals surface area contributed by atoms with Crippen LogP contribution in [0.25, 0.3) is 0 Å². The molecule has 1 fully saturated rings. The molecule has 172 valence electrons. The number of piperazine rings is 1. The number of amides is 1. The molecule has 1 aliphatic rings. The van der Waals surface area contributed by atoms with E-state index < -0.39 is 34.0 Å². The number of rotatable bonds is 8. The topological polar surface area (TPSA) is 95.0 Å². The van der Waals surface area contributed by atoms with Crippen LogP contribution in [0.5, 0.6) is 0 Å². The van der Waals surface area contributed by atoms with Gasteiger partial charge in [0.05, 0.1) is 11.4 Å². The van der Waals surface area contributed by atoms with Crippen molar-refractivity contribution in [3.63, 3.8) is 0 Å². The summed E-state index contributed by atoms with van der Waals surface area (Å²) in [5.41, 5.74) is 1.86. The van der Waals surface area contributed by atoms with Gasteiger partial charge in [-0.15, -0.1) is 0 Å². The van der Waals surface area contributed by atoms with Crippen LogP contribution >= 0.6 is 0 Å². The van der Waals surface area contributed by atoms with Gasteiger partial charge < -0.3 is 10.0 Å². The summed E-state index contributed by atoms with van der Waals surface area (Å²) in [6.07, 6.45) is 0.688. The highest BCUT2D eigenvalue weighted by Gasteiger charge is 2.43. The lowest BCUT2D eigenvalue weighted by molar-refractivity contribution is -0.154. The summed E-state index contributed by atoms with van der Waals surface area (Å²) in [5, 5.41) is 9.77. The Bertz CT molecular complexity index is 1050. The first-order chi connectivity index (χ1) is 15.1. The van der Waals surface area contributed by atoms with Crippen LogP contribution in [0.1, 0.15) is 31.4 Å². The number of hydrogen-bond acceptors (Lipinski definition) is 4. The Morgan fingerprint density at radius 3 is 2.28 bits per heavy atom. The predicted octanol–water partition coefficient (Wildman–Crippen LogP) is 2.94. The minimum Gasteiger partial charge on any atom is -0.480 e. The Balaban J connectivity index is 1.98. The standard InChI is InChI=1S/C24H30N2O5S/c1-17(2)13-22(24(28)29)25-15-20(14-19-7-5-4-6-8-19)26(16-23(25)27)32(30,31)21-11-9-18(3)10-12-21/h4-12,17,20,22H,13-16H2,1-3H3,(H,28,29)/t20-,22+/m1/s1. The molecule has 0 spiro atoms. The average molecular weight is 459 g/mol. The summed E-state index contributed by atoms with van der Waals surface area (Å²) < 4.78 is 28.2. The van der Waals surface area contributed by atoms with E-state index in [2.05, 4.69) is 0 Å². The molecule has 8 heteroatoms. The molecule has 1 aliphatic heterocycles. The molecular weight excluding hydrogens is 428 g/mol. The summed E-state index contributed by atoms with van der Waals surface area (Å²) in [6, 6.07) is 14.4. The van der Waals surface area contributed by atoms with Gasteiger partial charge >= 0.3 is 5.97 Å². The van der Waals surface area contributed by atoms with E-state index >= 15 is 0 Å². The zero-order valence-electron chi connectivity index (χ0n) is 18.6. The number of hydrogen-bond donors (Lipinski definition) is 1. The van der Waals surface area contributed by atoms with Crippen LogP contribution in [0, 0.1) is 12.8 Å². The number of nitrogens with zero attached hydrogens (tertiary/aromatic N) is 2. The summed E-state index contributed by atoms with van der Waals surface area (Å²) in [6.45, 7) is 5.33. The maximum absolute atomic E-state index is 13.5. The average Bonchev–Trinajstić information content (AvgIpc) is 2.74. The molecule has 2 aromatic rings. The van der Waals surface area contributed by atoms with Gasteiger partial charge in [0.25, 0.3) is 0 Å². The van der Waals surface area contributed by atoms with E-state index in [1.165, 1.54) is 9.21 Å². The zero-order valence-corrected chi connectivity index (χ0v) is 19.5. The number of carbonyl (C=O) groups is 2. The normalized spacial score (nSPS) is 18.7. The Morgan fingerprint density at radius 1 is 1.09 bits per heavy atom. The predicted molar refractivity (Wildman–Crippen MR) is 122 cm³/mol. The third kappa shape index (κ3) is 5.37. The Morgan fingerprint density at radius 2 is 1.72 bits per heavy atom. The van der Waals surface area contributed by atoms with Gasteiger partial charge in [-0.1, -0.05) is 61.9 Å². The van der Waals surface area contributed by atoms with Crippen LogP contribution in [0.2, 0.25) is 0 Å². The Labute approximate surface area is 189 Å². The SMILES string of the molecule is Cc1ccc(S(=O)(=O)N2CC(=O)N([C@@H](CC(C)C)C(=O)O)C[C@H]2Cc2ccccc2)cc1. The number of carbonyl (C=O) groups excluding carboxylic acids is 1. The van der Waals surface area contributed by atoms with Crippen molar-refractivity contribution in [1.29, 1.82) is 0 Å². The first-order valence-electron chi connectivity index (χ1n) is 10.7. The number of aliphatic carboxylic acids is 1. The first kappa shape index (κ1) is 23.9. The quantitative estimate of drug-likeness (QED) is 0.656. The van der Waals surface area contributed by atoms with Crippen LogP contribution < -0.4 is 0 Å². The number of carboxylic acid groups (broad SMARTS) is 1. The second-order valence-corrected chi connectivity index (χ2v) is 10.6. The van der Waals surface area contributed by atoms with Gasteiger partial charge in [0.15, 0.2) is 0 Å². The lowest BCUT2D eigenvalue weighted by atomic mass is 9.98. The Hall–Kier alpha value is -2.71. The van der Waals surface area contributed by atoms with Gasteiger partial charge in [0.2, 0.25) is 15.9 Å². The van der Waals surface area contributed by atoms with Crippen molar-refractivity contribution < 1.29 is 23.1 Å². The molecule has 1 heterocycles. The lowest BCUT2D eigenvalue weighted by Crippen LogP contribution is -2.62. The number of sulfonamides is 1. The molecule has 1 N–H and O–H groups in total. The van der Waals surface area contributed by atoms with Gasteiger partial charge in [-0.05, 0) is 43.4 Å². The third-order valence-electron chi connectivity index (χ3n) is 5.72. The first-order valence-corrected chi connectivity index (χ1v) is 12.2. The van der Waals surface area contributed by atoms with Crippen molar-refractivity contribution in [2.75, 3.05) is 13.1 Å². The van der Waals surface area contributed by atoms with E-state index in [1.54, 1.807) is 24.3 Å². The Kier molecular flexibility index (Phi) is 7.36. The smallest absolute Gasteiger partial charge is 0.326 e. The summed E-state index contributed by atoms with van der Waals surface area (Å²) in [7, 11) is -3.94. The number of aryl methyl sites for hydroxylation is 1. The van der Waals surface area contributed by atoms with Crippen molar-refractivity contribution in [3.8, 4) is 0 Å². The molecule has 32 heavy (non-hydrogen) atoms. The fraction of sp³-hybridized carbons (Fsp3) is 0.417. The van der Waals surface area contributed by atoms with E-state index in [9.17, 15) is 23.1 Å². The minimum absolute atomic E-state index is 0.0303. The molecule has 1 amide bonds. The molecule has 0 aromatic heterocycles. The van der Waals surface area contributed by atoms with Crippen LogP contribution in [-0.2, 0) is 26.0 Å². The number of benzene rings is 2. The second kappa shape index (κ2) is 9.83. The molecule has 2 aromatic carbocycles. The minimum atomic E-state index is -3.94. The van der Waals surface area contributed by atoms with Crippen LogP contribution in [0.4, 0.5) is 0 Å².